The van der Waals surface area contributed by atoms with Crippen LogP contribution in [0.1, 0.15) is 16.8 Å². The minimum Gasteiger partial charge on any atom is -0.481 e. The number of hydrogen-bond donors (Lipinski definition) is 1. The van der Waals surface area contributed by atoms with Gasteiger partial charge in [0.1, 0.15) is 5.37 Å². The number of nitrogens with zero attached hydrogens (tertiary/aromatic N) is 1. The number of benzene rings is 1. The zero-order valence-corrected chi connectivity index (χ0v) is 13.6. The Bertz CT molecular complexity index is 686. The Labute approximate surface area is 136 Å². The van der Waals surface area contributed by atoms with Gasteiger partial charge in [0.25, 0.3) is 5.91 Å². The maximum Gasteiger partial charge on any atom is 0.308 e. The molecule has 0 aromatic heterocycles. The number of halogens is 1. The molecule has 5 nitrogen and oxygen atoms in total. The van der Waals surface area contributed by atoms with Gasteiger partial charge in [0.2, 0.25) is 0 Å². The summed E-state index contributed by atoms with van der Waals surface area (Å²) in [6.07, 6.45) is 1.28. The second-order valence-corrected chi connectivity index (χ2v) is 6.10. The number of hydrogen-bond acceptors (Lipinski definition) is 4. The van der Waals surface area contributed by atoms with E-state index in [-0.39, 0.29) is 21.7 Å². The number of thioether (sulfide) groups is 1. The number of ketones is 1. The van der Waals surface area contributed by atoms with E-state index >= 15 is 0 Å². The molecule has 1 heterocycles. The van der Waals surface area contributed by atoms with Gasteiger partial charge in [-0.05, 0) is 18.4 Å². The number of carboxylic acids is 1. The van der Waals surface area contributed by atoms with Crippen molar-refractivity contribution in [1.82, 2.24) is 4.90 Å². The summed E-state index contributed by atoms with van der Waals surface area (Å²) in [4.78, 5) is 37.4. The Morgan fingerprint density at radius 3 is 2.55 bits per heavy atom. The minimum atomic E-state index is -1.15. The molecule has 1 aliphatic rings. The molecule has 1 aromatic rings. The molecule has 0 fully saturated rings. The predicted octanol–water partition coefficient (Wildman–Crippen LogP) is 2.46. The van der Waals surface area contributed by atoms with Crippen molar-refractivity contribution in [3.63, 3.8) is 0 Å². The summed E-state index contributed by atoms with van der Waals surface area (Å²) in [6, 6.07) is 6.52. The average molecular weight is 340 g/mol. The number of carbonyl (C=O) groups is 3. The van der Waals surface area contributed by atoms with Gasteiger partial charge in [0.15, 0.2) is 5.78 Å². The largest absolute Gasteiger partial charge is 0.481 e. The quantitative estimate of drug-likeness (QED) is 0.834. The lowest BCUT2D eigenvalue weighted by atomic mass is 9.98. The SMILES string of the molecule is CSC1C(C(=O)c2ccccc2Cl)=C(CC(=O)O)C(=O)N1C. The fourth-order valence-electron chi connectivity index (χ4n) is 2.41. The number of carbonyl (C=O) groups excluding carboxylic acids is 2. The molecule has 0 saturated carbocycles. The first-order valence-electron chi connectivity index (χ1n) is 6.42. The van der Waals surface area contributed by atoms with Crippen LogP contribution < -0.4 is 0 Å². The van der Waals surface area contributed by atoms with Crippen molar-refractivity contribution in [3.05, 3.63) is 46.0 Å². The highest BCUT2D eigenvalue weighted by atomic mass is 35.5. The number of rotatable bonds is 5. The van der Waals surface area contributed by atoms with Crippen LogP contribution in [0.3, 0.4) is 0 Å². The Morgan fingerprint density at radius 2 is 2.00 bits per heavy atom. The molecule has 1 unspecified atom stereocenters. The van der Waals surface area contributed by atoms with E-state index in [9.17, 15) is 14.4 Å². The summed E-state index contributed by atoms with van der Waals surface area (Å²) < 4.78 is 0. The highest BCUT2D eigenvalue weighted by Crippen LogP contribution is 2.35. The third kappa shape index (κ3) is 2.89. The van der Waals surface area contributed by atoms with E-state index in [1.54, 1.807) is 37.6 Å². The van der Waals surface area contributed by atoms with Crippen molar-refractivity contribution >= 4 is 41.0 Å². The van der Waals surface area contributed by atoms with Crippen LogP contribution >= 0.6 is 23.4 Å². The van der Waals surface area contributed by atoms with Crippen molar-refractivity contribution < 1.29 is 19.5 Å². The fraction of sp³-hybridized carbons (Fsp3) is 0.267. The van der Waals surface area contributed by atoms with Gasteiger partial charge in [0.05, 0.1) is 11.4 Å². The zero-order valence-electron chi connectivity index (χ0n) is 12.0. The molecule has 0 saturated heterocycles. The maximum absolute atomic E-state index is 12.8. The van der Waals surface area contributed by atoms with Crippen LogP contribution in [-0.2, 0) is 9.59 Å². The molecule has 0 radical (unpaired) electrons. The summed E-state index contributed by atoms with van der Waals surface area (Å²) in [5, 5.41) is 8.78. The van der Waals surface area contributed by atoms with Gasteiger partial charge < -0.3 is 10.0 Å². The normalized spacial score (nSPS) is 18.0. The van der Waals surface area contributed by atoms with E-state index in [0.717, 1.165) is 0 Å². The first-order valence-corrected chi connectivity index (χ1v) is 8.09. The van der Waals surface area contributed by atoms with Crippen molar-refractivity contribution in [2.24, 2.45) is 0 Å². The molecule has 0 spiro atoms. The smallest absolute Gasteiger partial charge is 0.308 e. The predicted molar refractivity (Wildman–Crippen MR) is 85.1 cm³/mol. The molecule has 1 amide bonds. The molecule has 7 heteroatoms. The van der Waals surface area contributed by atoms with Gasteiger partial charge in [-0.15, -0.1) is 11.8 Å². The Kier molecular flexibility index (Phi) is 4.93. The number of amides is 1. The van der Waals surface area contributed by atoms with Crippen molar-refractivity contribution in [3.8, 4) is 0 Å². The van der Waals surface area contributed by atoms with Crippen LogP contribution in [0.2, 0.25) is 5.02 Å². The highest BCUT2D eigenvalue weighted by molar-refractivity contribution is 7.99. The second-order valence-electron chi connectivity index (χ2n) is 4.78. The van der Waals surface area contributed by atoms with E-state index in [1.165, 1.54) is 16.7 Å². The lowest BCUT2D eigenvalue weighted by Gasteiger charge is -2.20. The van der Waals surface area contributed by atoms with Crippen molar-refractivity contribution in [1.29, 1.82) is 0 Å². The zero-order chi connectivity index (χ0) is 16.4. The molecule has 0 bridgehead atoms. The van der Waals surface area contributed by atoms with Crippen molar-refractivity contribution in [2.45, 2.75) is 11.8 Å². The lowest BCUT2D eigenvalue weighted by Crippen LogP contribution is -2.30. The topological polar surface area (TPSA) is 74.7 Å². The third-order valence-corrected chi connectivity index (χ3v) is 4.74. The average Bonchev–Trinajstić information content (AvgIpc) is 2.71. The van der Waals surface area contributed by atoms with Crippen LogP contribution in [0.4, 0.5) is 0 Å². The van der Waals surface area contributed by atoms with E-state index in [0.29, 0.717) is 0 Å². The maximum atomic E-state index is 12.8. The Morgan fingerprint density at radius 1 is 1.36 bits per heavy atom. The van der Waals surface area contributed by atoms with E-state index in [2.05, 4.69) is 0 Å². The number of likely N-dealkylation sites (N-methyl/N-ethyl adjacent to an activating group) is 1. The van der Waals surface area contributed by atoms with Gasteiger partial charge in [0, 0.05) is 23.8 Å². The van der Waals surface area contributed by atoms with Crippen LogP contribution in [0, 0.1) is 0 Å². The molecule has 0 aliphatic carbocycles. The van der Waals surface area contributed by atoms with Crippen LogP contribution in [-0.4, -0.2) is 46.3 Å². The van der Waals surface area contributed by atoms with Crippen LogP contribution in [0.5, 0.6) is 0 Å². The second kappa shape index (κ2) is 6.54. The summed E-state index contributed by atoms with van der Waals surface area (Å²) >= 11 is 7.35. The number of aliphatic carboxylic acids is 1. The fourth-order valence-corrected chi connectivity index (χ4v) is 3.53. The van der Waals surface area contributed by atoms with Gasteiger partial charge in [-0.2, -0.15) is 0 Å². The summed E-state index contributed by atoms with van der Waals surface area (Å²) in [5.41, 5.74) is 0.499. The van der Waals surface area contributed by atoms with Gasteiger partial charge in [-0.1, -0.05) is 23.7 Å². The summed E-state index contributed by atoms with van der Waals surface area (Å²) in [6.45, 7) is 0. The van der Waals surface area contributed by atoms with E-state index in [4.69, 9.17) is 16.7 Å². The molecule has 1 aliphatic heterocycles. The molecule has 116 valence electrons. The number of carboxylic acid groups (broad SMARTS) is 1. The standard InChI is InChI=1S/C15H14ClNO4S/c1-17-14(21)9(7-11(18)19)12(15(17)22-2)13(20)8-5-3-4-6-10(8)16/h3-6,15H,7H2,1-2H3,(H,18,19). The first-order chi connectivity index (χ1) is 10.4. The van der Waals surface area contributed by atoms with Crippen LogP contribution in [0.25, 0.3) is 0 Å². The van der Waals surface area contributed by atoms with Crippen molar-refractivity contribution in [2.75, 3.05) is 13.3 Å². The highest BCUT2D eigenvalue weighted by Gasteiger charge is 2.41. The Hall–Kier alpha value is -1.79. The molecule has 1 atom stereocenters. The third-order valence-electron chi connectivity index (χ3n) is 3.42. The molecule has 22 heavy (non-hydrogen) atoms. The summed E-state index contributed by atoms with van der Waals surface area (Å²) in [5.74, 6) is -1.99. The first kappa shape index (κ1) is 16.6. The van der Waals surface area contributed by atoms with Gasteiger partial charge in [-0.25, -0.2) is 0 Å². The minimum absolute atomic E-state index is 0.0271. The number of Topliss-reactive ketones (excluding diaryl/α,β-unsaturated/α-hetero) is 1. The molecule has 1 aromatic carbocycles. The summed E-state index contributed by atoms with van der Waals surface area (Å²) in [7, 11) is 1.55. The Balaban J connectivity index is 2.57. The van der Waals surface area contributed by atoms with Crippen LogP contribution in [0.15, 0.2) is 35.4 Å². The van der Waals surface area contributed by atoms with E-state index in [1.807, 2.05) is 0 Å². The van der Waals surface area contributed by atoms with Gasteiger partial charge >= 0.3 is 5.97 Å². The molecular formula is C15H14ClNO4S. The molecule has 2 rings (SSSR count). The monoisotopic (exact) mass is 339 g/mol. The van der Waals surface area contributed by atoms with Gasteiger partial charge in [-0.3, -0.25) is 14.4 Å². The van der Waals surface area contributed by atoms with E-state index < -0.39 is 29.5 Å². The lowest BCUT2D eigenvalue weighted by molar-refractivity contribution is -0.137. The molecular weight excluding hydrogens is 326 g/mol. The molecule has 1 N–H and O–H groups in total.